The molecule has 0 bridgehead atoms. The van der Waals surface area contributed by atoms with Crippen LogP contribution >= 0.6 is 11.6 Å². The van der Waals surface area contributed by atoms with Gasteiger partial charge < -0.3 is 9.64 Å². The maximum absolute atomic E-state index is 13.0. The molecule has 0 amide bonds. The van der Waals surface area contributed by atoms with E-state index in [1.165, 1.54) is 0 Å². The van der Waals surface area contributed by atoms with Gasteiger partial charge in [-0.25, -0.2) is 18.4 Å². The standard InChI is InChI=1S/C16H24ClN3O3S/c1-11(2)24(21,22)16(5-4-6-16)13-9-14(17)19-15(18-13)20-7-8-23-10-12(20)3/h9,11-12H,4-8,10H2,1-3H3/t12-/m0/s1. The smallest absolute Gasteiger partial charge is 0.227 e. The van der Waals surface area contributed by atoms with E-state index in [9.17, 15) is 8.42 Å². The fourth-order valence-electron chi connectivity index (χ4n) is 3.43. The van der Waals surface area contributed by atoms with Crippen molar-refractivity contribution in [2.45, 2.75) is 56.1 Å². The van der Waals surface area contributed by atoms with Crippen LogP contribution in [0.4, 0.5) is 5.95 Å². The summed E-state index contributed by atoms with van der Waals surface area (Å²) in [5, 5.41) is -0.156. The topological polar surface area (TPSA) is 72.4 Å². The Bertz CT molecular complexity index is 719. The van der Waals surface area contributed by atoms with Gasteiger partial charge in [0.15, 0.2) is 9.84 Å². The van der Waals surface area contributed by atoms with Crippen LogP contribution in [0.1, 0.15) is 45.7 Å². The quantitative estimate of drug-likeness (QED) is 0.755. The van der Waals surface area contributed by atoms with Gasteiger partial charge in [-0.3, -0.25) is 0 Å². The Kier molecular flexibility index (Phi) is 4.79. The number of aromatic nitrogens is 2. The van der Waals surface area contributed by atoms with Crippen LogP contribution in [0.5, 0.6) is 0 Å². The number of halogens is 1. The van der Waals surface area contributed by atoms with Gasteiger partial charge in [0.05, 0.1) is 30.2 Å². The van der Waals surface area contributed by atoms with E-state index in [-0.39, 0.29) is 6.04 Å². The van der Waals surface area contributed by atoms with Gasteiger partial charge in [-0.05, 0) is 46.1 Å². The Labute approximate surface area is 148 Å². The number of nitrogens with zero attached hydrogens (tertiary/aromatic N) is 3. The van der Waals surface area contributed by atoms with Crippen molar-refractivity contribution < 1.29 is 13.2 Å². The second kappa shape index (κ2) is 6.42. The molecule has 1 saturated carbocycles. The molecule has 0 aromatic carbocycles. The van der Waals surface area contributed by atoms with E-state index < -0.39 is 19.8 Å². The third-order valence-corrected chi connectivity index (χ3v) is 8.24. The van der Waals surface area contributed by atoms with E-state index in [1.54, 1.807) is 19.9 Å². The highest BCUT2D eigenvalue weighted by molar-refractivity contribution is 7.93. The summed E-state index contributed by atoms with van der Waals surface area (Å²) in [7, 11) is -3.32. The first-order valence-electron chi connectivity index (χ1n) is 8.41. The van der Waals surface area contributed by atoms with Gasteiger partial charge in [-0.1, -0.05) is 11.6 Å². The summed E-state index contributed by atoms with van der Waals surface area (Å²) in [4.78, 5) is 11.0. The molecular weight excluding hydrogens is 350 g/mol. The zero-order chi connectivity index (χ0) is 17.5. The Balaban J connectivity index is 2.05. The number of anilines is 1. The summed E-state index contributed by atoms with van der Waals surface area (Å²) in [5.41, 5.74) is 0.538. The van der Waals surface area contributed by atoms with Crippen LogP contribution in [-0.4, -0.2) is 49.4 Å². The van der Waals surface area contributed by atoms with Crippen molar-refractivity contribution in [3.05, 3.63) is 16.9 Å². The highest BCUT2D eigenvalue weighted by Gasteiger charge is 2.52. The lowest BCUT2D eigenvalue weighted by Gasteiger charge is -2.42. The van der Waals surface area contributed by atoms with Gasteiger partial charge >= 0.3 is 0 Å². The number of ether oxygens (including phenoxy) is 1. The molecule has 2 aliphatic rings. The van der Waals surface area contributed by atoms with Gasteiger partial charge in [-0.2, -0.15) is 0 Å². The van der Waals surface area contributed by atoms with Crippen molar-refractivity contribution in [1.82, 2.24) is 9.97 Å². The Morgan fingerprint density at radius 1 is 1.38 bits per heavy atom. The molecule has 8 heteroatoms. The maximum Gasteiger partial charge on any atom is 0.227 e. The van der Waals surface area contributed by atoms with Crippen LogP contribution in [-0.2, 0) is 19.3 Å². The van der Waals surface area contributed by atoms with E-state index in [1.807, 2.05) is 11.8 Å². The molecule has 1 aromatic rings. The third kappa shape index (κ3) is 2.80. The summed E-state index contributed by atoms with van der Waals surface area (Å²) in [5.74, 6) is 0.499. The molecule has 0 spiro atoms. The predicted octanol–water partition coefficient (Wildman–Crippen LogP) is 2.56. The molecule has 0 unspecified atom stereocenters. The minimum Gasteiger partial charge on any atom is -0.377 e. The Morgan fingerprint density at radius 2 is 2.08 bits per heavy atom. The first-order valence-corrected chi connectivity index (χ1v) is 10.3. The summed E-state index contributed by atoms with van der Waals surface area (Å²) in [6.07, 6.45) is 2.08. The number of hydrogen-bond acceptors (Lipinski definition) is 6. The zero-order valence-electron chi connectivity index (χ0n) is 14.3. The first-order chi connectivity index (χ1) is 11.3. The number of rotatable bonds is 4. The average molecular weight is 374 g/mol. The van der Waals surface area contributed by atoms with Gasteiger partial charge in [0.25, 0.3) is 0 Å². The molecule has 1 atom stereocenters. The van der Waals surface area contributed by atoms with Gasteiger partial charge in [0.2, 0.25) is 5.95 Å². The molecule has 24 heavy (non-hydrogen) atoms. The molecule has 3 rings (SSSR count). The van der Waals surface area contributed by atoms with Crippen LogP contribution in [0.25, 0.3) is 0 Å². The molecule has 0 N–H and O–H groups in total. The van der Waals surface area contributed by atoms with Crippen LogP contribution in [0, 0.1) is 0 Å². The lowest BCUT2D eigenvalue weighted by Crippen LogP contribution is -2.48. The zero-order valence-corrected chi connectivity index (χ0v) is 15.9. The largest absolute Gasteiger partial charge is 0.377 e. The van der Waals surface area contributed by atoms with E-state index in [0.29, 0.717) is 49.4 Å². The van der Waals surface area contributed by atoms with Crippen LogP contribution < -0.4 is 4.90 Å². The third-order valence-electron chi connectivity index (χ3n) is 5.10. The van der Waals surface area contributed by atoms with Crippen molar-refractivity contribution in [3.63, 3.8) is 0 Å². The normalized spacial score (nSPS) is 24.0. The summed E-state index contributed by atoms with van der Waals surface area (Å²) in [6.45, 7) is 7.36. The molecule has 1 aliphatic carbocycles. The summed E-state index contributed by atoms with van der Waals surface area (Å²) >= 11 is 6.23. The highest BCUT2D eigenvalue weighted by atomic mass is 35.5. The fraction of sp³-hybridized carbons (Fsp3) is 0.750. The minimum absolute atomic E-state index is 0.129. The van der Waals surface area contributed by atoms with E-state index in [2.05, 4.69) is 9.97 Å². The molecule has 0 radical (unpaired) electrons. The van der Waals surface area contributed by atoms with Crippen molar-refractivity contribution in [3.8, 4) is 0 Å². The van der Waals surface area contributed by atoms with Crippen molar-refractivity contribution in [2.75, 3.05) is 24.7 Å². The molecule has 1 saturated heterocycles. The molecule has 134 valence electrons. The molecule has 2 fully saturated rings. The summed E-state index contributed by atoms with van der Waals surface area (Å²) in [6, 6.07) is 1.75. The molecule has 6 nitrogen and oxygen atoms in total. The van der Waals surface area contributed by atoms with Crippen molar-refractivity contribution in [2.24, 2.45) is 0 Å². The van der Waals surface area contributed by atoms with E-state index in [0.717, 1.165) is 6.42 Å². The number of sulfone groups is 1. The molecule has 1 aromatic heterocycles. The van der Waals surface area contributed by atoms with E-state index >= 15 is 0 Å². The Morgan fingerprint density at radius 3 is 2.62 bits per heavy atom. The van der Waals surface area contributed by atoms with Crippen LogP contribution in [0.15, 0.2) is 6.07 Å². The monoisotopic (exact) mass is 373 g/mol. The number of hydrogen-bond donors (Lipinski definition) is 0. The number of morpholine rings is 1. The highest BCUT2D eigenvalue weighted by Crippen LogP contribution is 2.49. The van der Waals surface area contributed by atoms with Gasteiger partial charge in [0.1, 0.15) is 9.90 Å². The summed E-state index contributed by atoms with van der Waals surface area (Å²) < 4.78 is 30.5. The van der Waals surface area contributed by atoms with Crippen LogP contribution in [0.2, 0.25) is 5.15 Å². The fourth-order valence-corrected chi connectivity index (χ4v) is 5.76. The van der Waals surface area contributed by atoms with Crippen LogP contribution in [0.3, 0.4) is 0 Å². The maximum atomic E-state index is 13.0. The molecule has 1 aliphatic heterocycles. The van der Waals surface area contributed by atoms with Crippen molar-refractivity contribution in [1.29, 1.82) is 0 Å². The van der Waals surface area contributed by atoms with Gasteiger partial charge in [-0.15, -0.1) is 0 Å². The second-order valence-corrected chi connectivity index (χ2v) is 10.1. The average Bonchev–Trinajstić information content (AvgIpc) is 2.45. The minimum atomic E-state index is -3.32. The predicted molar refractivity (Wildman–Crippen MR) is 94.3 cm³/mol. The lowest BCUT2D eigenvalue weighted by atomic mass is 9.81. The van der Waals surface area contributed by atoms with Gasteiger partial charge in [0, 0.05) is 6.54 Å². The Hall–Kier alpha value is -0.920. The van der Waals surface area contributed by atoms with E-state index in [4.69, 9.17) is 16.3 Å². The lowest BCUT2D eigenvalue weighted by molar-refractivity contribution is 0.0980. The SMILES string of the molecule is CC(C)S(=O)(=O)C1(c2cc(Cl)nc(N3CCOC[C@@H]3C)n2)CCC1. The second-order valence-electron chi connectivity index (χ2n) is 6.93. The first kappa shape index (κ1) is 17.9. The molecule has 2 heterocycles. The molecular formula is C16H24ClN3O3S. The van der Waals surface area contributed by atoms with Crippen molar-refractivity contribution >= 4 is 27.4 Å².